The van der Waals surface area contributed by atoms with Gasteiger partial charge in [0.05, 0.1) is 0 Å². The van der Waals surface area contributed by atoms with E-state index in [1.165, 1.54) is 0 Å². The van der Waals surface area contributed by atoms with Gasteiger partial charge in [-0.25, -0.2) is 4.98 Å². The molecule has 1 rings (SSSR count). The molecule has 0 amide bonds. The molecule has 0 bridgehead atoms. The van der Waals surface area contributed by atoms with Gasteiger partial charge in [0.1, 0.15) is 5.82 Å². The summed E-state index contributed by atoms with van der Waals surface area (Å²) in [7, 11) is 0. The summed E-state index contributed by atoms with van der Waals surface area (Å²) in [5.74, 6) is 0.876. The molecule has 0 unspecified atom stereocenters. The van der Waals surface area contributed by atoms with Crippen molar-refractivity contribution in [1.82, 2.24) is 4.98 Å². The summed E-state index contributed by atoms with van der Waals surface area (Å²) in [6.45, 7) is 4.20. The maximum absolute atomic E-state index is 8.71. The van der Waals surface area contributed by atoms with Crippen LogP contribution in [0.5, 0.6) is 0 Å². The van der Waals surface area contributed by atoms with Crippen LogP contribution in [0.3, 0.4) is 0 Å². The second-order valence-corrected chi connectivity index (χ2v) is 3.22. The van der Waals surface area contributed by atoms with Crippen LogP contribution in [0.1, 0.15) is 19.0 Å². The van der Waals surface area contributed by atoms with Crippen LogP contribution in [-0.2, 0) is 0 Å². The Morgan fingerprint density at radius 2 is 2.31 bits per heavy atom. The lowest BCUT2D eigenvalue weighted by atomic mass is 10.2. The molecule has 0 saturated heterocycles. The van der Waals surface area contributed by atoms with Gasteiger partial charge in [-0.3, -0.25) is 0 Å². The van der Waals surface area contributed by atoms with Crippen LogP contribution >= 0.6 is 0 Å². The lowest BCUT2D eigenvalue weighted by molar-refractivity contribution is 0.282. The smallest absolute Gasteiger partial charge is 0.126 e. The van der Waals surface area contributed by atoms with Gasteiger partial charge < -0.3 is 10.4 Å². The summed E-state index contributed by atoms with van der Waals surface area (Å²) in [6, 6.07) is 6.12. The number of hydrogen-bond donors (Lipinski definition) is 2. The molecular weight excluding hydrogens is 164 g/mol. The molecule has 0 spiro atoms. The molecule has 0 aromatic carbocycles. The van der Waals surface area contributed by atoms with E-state index in [0.29, 0.717) is 0 Å². The minimum Gasteiger partial charge on any atom is -0.396 e. The van der Waals surface area contributed by atoms with Crippen LogP contribution in [0.4, 0.5) is 5.82 Å². The van der Waals surface area contributed by atoms with Gasteiger partial charge in [0.2, 0.25) is 0 Å². The Hall–Kier alpha value is -1.09. The molecule has 72 valence electrons. The first-order chi connectivity index (χ1) is 6.22. The lowest BCUT2D eigenvalue weighted by Gasteiger charge is -2.12. The Morgan fingerprint density at radius 1 is 1.54 bits per heavy atom. The lowest BCUT2D eigenvalue weighted by Crippen LogP contribution is -2.17. The summed E-state index contributed by atoms with van der Waals surface area (Å²) >= 11 is 0. The van der Waals surface area contributed by atoms with Crippen LogP contribution in [0.2, 0.25) is 0 Å². The quantitative estimate of drug-likeness (QED) is 0.739. The number of aromatic nitrogens is 1. The van der Waals surface area contributed by atoms with E-state index in [0.717, 1.165) is 17.9 Å². The summed E-state index contributed by atoms with van der Waals surface area (Å²) in [5.41, 5.74) is 1.00. The van der Waals surface area contributed by atoms with Gasteiger partial charge in [0.15, 0.2) is 0 Å². The Morgan fingerprint density at radius 3 is 2.92 bits per heavy atom. The van der Waals surface area contributed by atoms with Gasteiger partial charge in [-0.2, -0.15) is 0 Å². The van der Waals surface area contributed by atoms with Crippen molar-refractivity contribution in [2.45, 2.75) is 26.3 Å². The molecule has 0 aliphatic carbocycles. The summed E-state index contributed by atoms with van der Waals surface area (Å²) in [6.07, 6.45) is 0.746. The average Bonchev–Trinajstić information content (AvgIpc) is 2.04. The van der Waals surface area contributed by atoms with Crippen molar-refractivity contribution in [1.29, 1.82) is 0 Å². The fourth-order valence-electron chi connectivity index (χ4n) is 1.14. The maximum Gasteiger partial charge on any atom is 0.126 e. The Balaban J connectivity index is 2.53. The monoisotopic (exact) mass is 180 g/mol. The van der Waals surface area contributed by atoms with E-state index < -0.39 is 0 Å². The van der Waals surface area contributed by atoms with Crippen LogP contribution in [0.15, 0.2) is 18.2 Å². The van der Waals surface area contributed by atoms with E-state index >= 15 is 0 Å². The second-order valence-electron chi connectivity index (χ2n) is 3.22. The van der Waals surface area contributed by atoms with Crippen molar-refractivity contribution < 1.29 is 5.11 Å². The minimum absolute atomic E-state index is 0.208. The predicted molar refractivity (Wildman–Crippen MR) is 53.8 cm³/mol. The molecule has 0 saturated carbocycles. The van der Waals surface area contributed by atoms with Crippen LogP contribution in [-0.4, -0.2) is 22.7 Å². The van der Waals surface area contributed by atoms with Crippen LogP contribution in [0, 0.1) is 6.92 Å². The molecule has 1 heterocycles. The van der Waals surface area contributed by atoms with E-state index in [2.05, 4.69) is 10.3 Å². The Kier molecular flexibility index (Phi) is 3.71. The molecule has 0 radical (unpaired) electrons. The van der Waals surface area contributed by atoms with Crippen molar-refractivity contribution in [2.24, 2.45) is 0 Å². The first kappa shape index (κ1) is 9.99. The minimum atomic E-state index is 0.208. The number of rotatable bonds is 4. The summed E-state index contributed by atoms with van der Waals surface area (Å²) in [5, 5.41) is 11.9. The normalized spacial score (nSPS) is 12.5. The van der Waals surface area contributed by atoms with Crippen LogP contribution in [0.25, 0.3) is 0 Å². The summed E-state index contributed by atoms with van der Waals surface area (Å²) < 4.78 is 0. The molecule has 3 nitrogen and oxygen atoms in total. The molecule has 2 N–H and O–H groups in total. The fraction of sp³-hybridized carbons (Fsp3) is 0.500. The van der Waals surface area contributed by atoms with Crippen molar-refractivity contribution in [2.75, 3.05) is 11.9 Å². The zero-order valence-corrected chi connectivity index (χ0v) is 8.12. The first-order valence-corrected chi connectivity index (χ1v) is 4.53. The number of nitrogens with zero attached hydrogens (tertiary/aromatic N) is 1. The van der Waals surface area contributed by atoms with Crippen molar-refractivity contribution in [3.8, 4) is 0 Å². The number of aryl methyl sites for hydroxylation is 1. The van der Waals surface area contributed by atoms with Crippen molar-refractivity contribution >= 4 is 5.82 Å². The largest absolute Gasteiger partial charge is 0.396 e. The number of aliphatic hydroxyl groups is 1. The van der Waals surface area contributed by atoms with Gasteiger partial charge in [-0.15, -0.1) is 0 Å². The van der Waals surface area contributed by atoms with E-state index in [1.807, 2.05) is 32.0 Å². The van der Waals surface area contributed by atoms with Crippen molar-refractivity contribution in [3.05, 3.63) is 23.9 Å². The van der Waals surface area contributed by atoms with Gasteiger partial charge in [0, 0.05) is 18.3 Å². The van der Waals surface area contributed by atoms with Gasteiger partial charge in [-0.1, -0.05) is 6.07 Å². The molecule has 3 heteroatoms. The first-order valence-electron chi connectivity index (χ1n) is 4.53. The standard InChI is InChI=1S/C10H16N2O/c1-8-4-3-5-10(11-8)12-9(2)6-7-13/h3-5,9,13H,6-7H2,1-2H3,(H,11,12)/t9-/m0/s1. The zero-order valence-electron chi connectivity index (χ0n) is 8.12. The molecule has 0 fully saturated rings. The molecule has 0 aliphatic rings. The fourth-order valence-corrected chi connectivity index (χ4v) is 1.14. The highest BCUT2D eigenvalue weighted by molar-refractivity contribution is 5.35. The SMILES string of the molecule is Cc1cccc(N[C@@H](C)CCO)n1. The second kappa shape index (κ2) is 4.82. The highest BCUT2D eigenvalue weighted by Gasteiger charge is 2.01. The number of nitrogens with one attached hydrogen (secondary N) is 1. The van der Waals surface area contributed by atoms with Gasteiger partial charge >= 0.3 is 0 Å². The molecule has 13 heavy (non-hydrogen) atoms. The van der Waals surface area contributed by atoms with E-state index in [-0.39, 0.29) is 12.6 Å². The number of pyridine rings is 1. The highest BCUT2D eigenvalue weighted by Crippen LogP contribution is 2.06. The Labute approximate surface area is 78.8 Å². The topological polar surface area (TPSA) is 45.1 Å². The third kappa shape index (κ3) is 3.42. The number of hydrogen-bond acceptors (Lipinski definition) is 3. The van der Waals surface area contributed by atoms with Crippen LogP contribution < -0.4 is 5.32 Å². The van der Waals surface area contributed by atoms with E-state index in [9.17, 15) is 0 Å². The predicted octanol–water partition coefficient (Wildman–Crippen LogP) is 1.57. The molecule has 1 aromatic rings. The molecular formula is C10H16N2O. The Bertz CT molecular complexity index is 263. The van der Waals surface area contributed by atoms with Gasteiger partial charge in [0.25, 0.3) is 0 Å². The molecule has 0 aliphatic heterocycles. The number of anilines is 1. The van der Waals surface area contributed by atoms with Crippen molar-refractivity contribution in [3.63, 3.8) is 0 Å². The number of aliphatic hydroxyl groups excluding tert-OH is 1. The summed E-state index contributed by atoms with van der Waals surface area (Å²) in [4.78, 5) is 4.30. The van der Waals surface area contributed by atoms with E-state index in [4.69, 9.17) is 5.11 Å². The van der Waals surface area contributed by atoms with E-state index in [1.54, 1.807) is 0 Å². The average molecular weight is 180 g/mol. The molecule has 1 aromatic heterocycles. The van der Waals surface area contributed by atoms with Gasteiger partial charge in [-0.05, 0) is 32.4 Å². The zero-order chi connectivity index (χ0) is 9.68. The third-order valence-electron chi connectivity index (χ3n) is 1.84. The highest BCUT2D eigenvalue weighted by atomic mass is 16.3. The maximum atomic E-state index is 8.71. The molecule has 1 atom stereocenters. The third-order valence-corrected chi connectivity index (χ3v) is 1.84.